The molecule has 1 N–H and O–H groups in total. The zero-order chi connectivity index (χ0) is 21.4. The number of aryl methyl sites for hydroxylation is 1. The van der Waals surface area contributed by atoms with E-state index in [1.165, 1.54) is 4.31 Å². The highest BCUT2D eigenvalue weighted by atomic mass is 35.5. The van der Waals surface area contributed by atoms with E-state index in [-0.39, 0.29) is 5.91 Å². The van der Waals surface area contributed by atoms with Gasteiger partial charge in [0.05, 0.1) is 11.9 Å². The van der Waals surface area contributed by atoms with Crippen LogP contribution in [0.4, 0.5) is 5.69 Å². The van der Waals surface area contributed by atoms with Crippen molar-refractivity contribution in [2.75, 3.05) is 22.9 Å². The third kappa shape index (κ3) is 7.24. The van der Waals surface area contributed by atoms with Gasteiger partial charge >= 0.3 is 0 Å². The Labute approximate surface area is 182 Å². The first-order valence-corrected chi connectivity index (χ1v) is 12.8. The highest BCUT2D eigenvalue weighted by molar-refractivity contribution is 7.98. The van der Waals surface area contributed by atoms with Gasteiger partial charge in [-0.2, -0.15) is 11.8 Å². The van der Waals surface area contributed by atoms with E-state index in [0.29, 0.717) is 23.7 Å². The van der Waals surface area contributed by atoms with Crippen molar-refractivity contribution < 1.29 is 13.2 Å². The lowest BCUT2D eigenvalue weighted by molar-refractivity contribution is -0.122. The van der Waals surface area contributed by atoms with Gasteiger partial charge in [0.1, 0.15) is 6.04 Å². The van der Waals surface area contributed by atoms with E-state index in [1.807, 2.05) is 50.2 Å². The molecule has 0 saturated heterocycles. The summed E-state index contributed by atoms with van der Waals surface area (Å²) in [4.78, 5) is 12.7. The van der Waals surface area contributed by atoms with E-state index < -0.39 is 16.1 Å². The Morgan fingerprint density at radius 3 is 2.48 bits per heavy atom. The number of rotatable bonds is 10. The number of benzene rings is 2. The van der Waals surface area contributed by atoms with Crippen LogP contribution in [0.1, 0.15) is 24.5 Å². The number of halogens is 1. The molecule has 0 radical (unpaired) electrons. The summed E-state index contributed by atoms with van der Waals surface area (Å²) in [5.74, 6) is 1.23. The molecule has 2 aromatic carbocycles. The first kappa shape index (κ1) is 23.6. The second kappa shape index (κ2) is 10.9. The van der Waals surface area contributed by atoms with Crippen molar-refractivity contribution in [1.82, 2.24) is 5.32 Å². The molecule has 8 heteroatoms. The molecule has 0 aromatic heterocycles. The fraction of sp³-hybridized carbons (Fsp3) is 0.381. The number of sulfonamides is 1. The summed E-state index contributed by atoms with van der Waals surface area (Å²) in [5, 5.41) is 3.58. The normalized spacial score (nSPS) is 12.4. The van der Waals surface area contributed by atoms with Crippen LogP contribution in [0.3, 0.4) is 0 Å². The summed E-state index contributed by atoms with van der Waals surface area (Å²) in [6.45, 7) is 4.20. The van der Waals surface area contributed by atoms with E-state index in [2.05, 4.69) is 5.32 Å². The molecule has 1 atom stereocenters. The molecule has 158 valence electrons. The number of thioether (sulfide) groups is 1. The van der Waals surface area contributed by atoms with Crippen molar-refractivity contribution >= 4 is 45.0 Å². The SMILES string of the molecule is CCC(C(=O)NCCSCc1cccc(Cl)c1)N(c1ccc(C)cc1)S(C)(=O)=O. The van der Waals surface area contributed by atoms with Crippen molar-refractivity contribution in [1.29, 1.82) is 0 Å². The Morgan fingerprint density at radius 2 is 1.90 bits per heavy atom. The molecule has 29 heavy (non-hydrogen) atoms. The summed E-state index contributed by atoms with van der Waals surface area (Å²) < 4.78 is 26.0. The average Bonchev–Trinajstić information content (AvgIpc) is 2.65. The Kier molecular flexibility index (Phi) is 8.86. The first-order chi connectivity index (χ1) is 13.7. The van der Waals surface area contributed by atoms with Gasteiger partial charge in [0, 0.05) is 23.1 Å². The number of nitrogens with zero attached hydrogens (tertiary/aromatic N) is 1. The van der Waals surface area contributed by atoms with E-state index in [1.54, 1.807) is 23.9 Å². The standard InChI is InChI=1S/C21H27ClN2O3S2/c1-4-20(24(29(3,26)27)19-10-8-16(2)9-11-19)21(25)23-12-13-28-15-17-6-5-7-18(22)14-17/h5-11,14,20H,4,12-13,15H2,1-3H3,(H,23,25). The van der Waals surface area contributed by atoms with E-state index in [9.17, 15) is 13.2 Å². The van der Waals surface area contributed by atoms with Gasteiger partial charge in [-0.05, 0) is 43.2 Å². The lowest BCUT2D eigenvalue weighted by Gasteiger charge is -2.30. The molecule has 1 amide bonds. The van der Waals surface area contributed by atoms with Crippen LogP contribution in [-0.4, -0.2) is 38.9 Å². The quantitative estimate of drug-likeness (QED) is 0.545. The topological polar surface area (TPSA) is 66.5 Å². The molecule has 0 spiro atoms. The van der Waals surface area contributed by atoms with Gasteiger partial charge in [-0.15, -0.1) is 0 Å². The number of amides is 1. The number of anilines is 1. The van der Waals surface area contributed by atoms with Crippen molar-refractivity contribution in [2.45, 2.75) is 32.1 Å². The van der Waals surface area contributed by atoms with Gasteiger partial charge < -0.3 is 5.32 Å². The van der Waals surface area contributed by atoms with Crippen LogP contribution >= 0.6 is 23.4 Å². The highest BCUT2D eigenvalue weighted by Crippen LogP contribution is 2.23. The molecule has 5 nitrogen and oxygen atoms in total. The number of carbonyl (C=O) groups is 1. The van der Waals surface area contributed by atoms with Gasteiger partial charge in [-0.25, -0.2) is 8.42 Å². The maximum Gasteiger partial charge on any atom is 0.243 e. The predicted octanol–water partition coefficient (Wildman–Crippen LogP) is 4.24. The van der Waals surface area contributed by atoms with Gasteiger partial charge in [0.2, 0.25) is 15.9 Å². The van der Waals surface area contributed by atoms with Gasteiger partial charge in [-0.3, -0.25) is 9.10 Å². The molecule has 0 aliphatic heterocycles. The van der Waals surface area contributed by atoms with Crippen LogP contribution < -0.4 is 9.62 Å². The van der Waals surface area contributed by atoms with Crippen molar-refractivity contribution in [3.8, 4) is 0 Å². The molecular weight excluding hydrogens is 428 g/mol. The maximum atomic E-state index is 12.7. The first-order valence-electron chi connectivity index (χ1n) is 9.38. The lowest BCUT2D eigenvalue weighted by Crippen LogP contribution is -2.49. The molecular formula is C21H27ClN2O3S2. The minimum Gasteiger partial charge on any atom is -0.353 e. The van der Waals surface area contributed by atoms with Crippen molar-refractivity contribution in [3.05, 3.63) is 64.7 Å². The lowest BCUT2D eigenvalue weighted by atomic mass is 10.1. The van der Waals surface area contributed by atoms with E-state index >= 15 is 0 Å². The Balaban J connectivity index is 1.95. The van der Waals surface area contributed by atoms with Crippen LogP contribution in [0, 0.1) is 6.92 Å². The maximum absolute atomic E-state index is 12.7. The summed E-state index contributed by atoms with van der Waals surface area (Å²) in [7, 11) is -3.61. The largest absolute Gasteiger partial charge is 0.353 e. The Hall–Kier alpha value is -1.70. The molecule has 0 bridgehead atoms. The number of hydrogen-bond acceptors (Lipinski definition) is 4. The van der Waals surface area contributed by atoms with Gasteiger partial charge in [0.15, 0.2) is 0 Å². The molecule has 1 unspecified atom stereocenters. The molecule has 0 heterocycles. The molecule has 0 fully saturated rings. The highest BCUT2D eigenvalue weighted by Gasteiger charge is 2.31. The van der Waals surface area contributed by atoms with Crippen molar-refractivity contribution in [3.63, 3.8) is 0 Å². The smallest absolute Gasteiger partial charge is 0.243 e. The van der Waals surface area contributed by atoms with Gasteiger partial charge in [-0.1, -0.05) is 48.4 Å². The number of carbonyl (C=O) groups excluding carboxylic acids is 1. The second-order valence-electron chi connectivity index (χ2n) is 6.79. The zero-order valence-electron chi connectivity index (χ0n) is 16.9. The number of hydrogen-bond donors (Lipinski definition) is 1. The van der Waals surface area contributed by atoms with E-state index in [0.717, 1.165) is 28.9 Å². The van der Waals surface area contributed by atoms with Crippen molar-refractivity contribution in [2.24, 2.45) is 0 Å². The third-order valence-corrected chi connectivity index (χ3v) is 6.77. The van der Waals surface area contributed by atoms with Crippen LogP contribution in [0.2, 0.25) is 5.02 Å². The van der Waals surface area contributed by atoms with Crippen LogP contribution in [0.15, 0.2) is 48.5 Å². The predicted molar refractivity (Wildman–Crippen MR) is 123 cm³/mol. The fourth-order valence-electron chi connectivity index (χ4n) is 2.93. The number of nitrogens with one attached hydrogen (secondary N) is 1. The molecule has 2 rings (SSSR count). The minimum absolute atomic E-state index is 0.290. The minimum atomic E-state index is -3.61. The second-order valence-corrected chi connectivity index (χ2v) is 10.2. The Bertz CT molecular complexity index is 918. The van der Waals surface area contributed by atoms with E-state index in [4.69, 9.17) is 11.6 Å². The summed E-state index contributed by atoms with van der Waals surface area (Å²) >= 11 is 7.67. The summed E-state index contributed by atoms with van der Waals surface area (Å²) in [6, 6.07) is 14.0. The molecule has 0 aliphatic rings. The fourth-order valence-corrected chi connectivity index (χ4v) is 5.16. The summed E-state index contributed by atoms with van der Waals surface area (Å²) in [5.41, 5.74) is 2.65. The summed E-state index contributed by atoms with van der Waals surface area (Å²) in [6.07, 6.45) is 1.51. The Morgan fingerprint density at radius 1 is 1.21 bits per heavy atom. The third-order valence-electron chi connectivity index (χ3n) is 4.32. The zero-order valence-corrected chi connectivity index (χ0v) is 19.3. The average molecular weight is 455 g/mol. The monoisotopic (exact) mass is 454 g/mol. The molecule has 0 aliphatic carbocycles. The van der Waals surface area contributed by atoms with Crippen LogP contribution in [-0.2, 0) is 20.6 Å². The molecule has 0 saturated carbocycles. The van der Waals surface area contributed by atoms with Crippen LogP contribution in [0.25, 0.3) is 0 Å². The van der Waals surface area contributed by atoms with Gasteiger partial charge in [0.25, 0.3) is 0 Å². The molecule has 2 aromatic rings. The van der Waals surface area contributed by atoms with Crippen LogP contribution in [0.5, 0.6) is 0 Å².